The molecule has 21 heavy (non-hydrogen) atoms. The lowest BCUT2D eigenvalue weighted by Crippen LogP contribution is -2.30. The van der Waals surface area contributed by atoms with E-state index in [2.05, 4.69) is 15.4 Å². The minimum absolute atomic E-state index is 0.0840. The molecule has 0 saturated heterocycles. The van der Waals surface area contributed by atoms with Gasteiger partial charge >= 0.3 is 5.97 Å². The second-order valence-electron chi connectivity index (χ2n) is 4.00. The summed E-state index contributed by atoms with van der Waals surface area (Å²) in [5, 5.41) is 4.73. The van der Waals surface area contributed by atoms with Crippen molar-refractivity contribution in [2.75, 3.05) is 25.0 Å². The zero-order valence-electron chi connectivity index (χ0n) is 11.3. The molecule has 1 aromatic carbocycles. The molecule has 0 unspecified atom stereocenters. The lowest BCUT2D eigenvalue weighted by molar-refractivity contribution is -0.143. The number of amides is 1. The van der Waals surface area contributed by atoms with E-state index in [0.29, 0.717) is 6.07 Å². The Bertz CT molecular complexity index is 524. The third-order valence-electron chi connectivity index (χ3n) is 2.41. The molecule has 0 fully saturated rings. The van der Waals surface area contributed by atoms with Crippen LogP contribution in [0.2, 0.25) is 0 Å². The van der Waals surface area contributed by atoms with Gasteiger partial charge in [0.15, 0.2) is 17.5 Å². The lowest BCUT2D eigenvalue weighted by Gasteiger charge is -2.08. The Morgan fingerprint density at radius 3 is 2.57 bits per heavy atom. The topological polar surface area (TPSA) is 67.4 Å². The highest BCUT2D eigenvalue weighted by Gasteiger charge is 2.15. The summed E-state index contributed by atoms with van der Waals surface area (Å²) in [5.41, 5.74) is -0.453. The summed E-state index contributed by atoms with van der Waals surface area (Å²) in [6.07, 6.45) is 0.0840. The number of carbonyl (C=O) groups excluding carboxylic acids is 2. The molecule has 0 aliphatic rings. The molecule has 0 aliphatic heterocycles. The molecule has 116 valence electrons. The first-order valence-electron chi connectivity index (χ1n) is 6.25. The maximum absolute atomic E-state index is 13.3. The summed E-state index contributed by atoms with van der Waals surface area (Å²) in [6.45, 7) is 1.94. The van der Waals surface area contributed by atoms with Gasteiger partial charge in [0, 0.05) is 6.54 Å². The summed E-state index contributed by atoms with van der Waals surface area (Å²) in [6, 6.07) is 1.63. The van der Waals surface area contributed by atoms with E-state index in [-0.39, 0.29) is 26.1 Å². The Morgan fingerprint density at radius 1 is 1.19 bits per heavy atom. The van der Waals surface area contributed by atoms with Crippen LogP contribution in [0.15, 0.2) is 12.1 Å². The van der Waals surface area contributed by atoms with Crippen molar-refractivity contribution in [3.05, 3.63) is 29.6 Å². The molecular formula is C13H15F3N2O3. The molecule has 1 rings (SSSR count). The average molecular weight is 304 g/mol. The summed E-state index contributed by atoms with van der Waals surface area (Å²) < 4.78 is 43.6. The van der Waals surface area contributed by atoms with Gasteiger partial charge in [-0.3, -0.25) is 9.59 Å². The number of hydrogen-bond donors (Lipinski definition) is 2. The molecule has 2 N–H and O–H groups in total. The standard InChI is InChI=1S/C13H15F3N2O3/c1-2-21-11(20)5-6-17-7-10(19)18-9-4-3-8(14)12(15)13(9)16/h3-4,17H,2,5-7H2,1H3,(H,18,19). The fourth-order valence-electron chi connectivity index (χ4n) is 1.44. The minimum atomic E-state index is -1.65. The Kier molecular flexibility index (Phi) is 6.67. The Morgan fingerprint density at radius 2 is 1.90 bits per heavy atom. The molecular weight excluding hydrogens is 289 g/mol. The van der Waals surface area contributed by atoms with Crippen LogP contribution in [0, 0.1) is 17.5 Å². The molecule has 5 nitrogen and oxygen atoms in total. The maximum atomic E-state index is 13.3. The Balaban J connectivity index is 2.38. The number of hydrogen-bond acceptors (Lipinski definition) is 4. The fourth-order valence-corrected chi connectivity index (χ4v) is 1.44. The van der Waals surface area contributed by atoms with Crippen LogP contribution in [0.1, 0.15) is 13.3 Å². The zero-order valence-corrected chi connectivity index (χ0v) is 11.3. The largest absolute Gasteiger partial charge is 0.466 e. The van der Waals surface area contributed by atoms with Crippen molar-refractivity contribution in [2.45, 2.75) is 13.3 Å². The average Bonchev–Trinajstić information content (AvgIpc) is 2.45. The number of rotatable bonds is 7. The molecule has 0 radical (unpaired) electrons. The van der Waals surface area contributed by atoms with Gasteiger partial charge < -0.3 is 15.4 Å². The van der Waals surface area contributed by atoms with Gasteiger partial charge in [-0.2, -0.15) is 0 Å². The molecule has 0 bridgehead atoms. The molecule has 0 atom stereocenters. The predicted octanol–water partition coefficient (Wildman–Crippen LogP) is 1.59. The smallest absolute Gasteiger partial charge is 0.307 e. The second kappa shape index (κ2) is 8.25. The fraction of sp³-hybridized carbons (Fsp3) is 0.385. The molecule has 0 heterocycles. The number of esters is 1. The molecule has 1 aromatic rings. The summed E-state index contributed by atoms with van der Waals surface area (Å²) >= 11 is 0. The highest BCUT2D eigenvalue weighted by Crippen LogP contribution is 2.19. The first kappa shape index (κ1) is 17.0. The molecule has 0 saturated carbocycles. The molecule has 0 aromatic heterocycles. The van der Waals surface area contributed by atoms with E-state index >= 15 is 0 Å². The van der Waals surface area contributed by atoms with Crippen LogP contribution in [0.25, 0.3) is 0 Å². The van der Waals surface area contributed by atoms with Crippen LogP contribution in [-0.4, -0.2) is 31.6 Å². The second-order valence-corrected chi connectivity index (χ2v) is 4.00. The van der Waals surface area contributed by atoms with E-state index in [9.17, 15) is 22.8 Å². The zero-order chi connectivity index (χ0) is 15.8. The summed E-state index contributed by atoms with van der Waals surface area (Å²) in [5.74, 6) is -5.50. The van der Waals surface area contributed by atoms with Crippen LogP contribution in [-0.2, 0) is 14.3 Å². The third-order valence-corrected chi connectivity index (χ3v) is 2.41. The number of nitrogens with one attached hydrogen (secondary N) is 2. The predicted molar refractivity (Wildman–Crippen MR) is 69.1 cm³/mol. The van der Waals surface area contributed by atoms with Gasteiger partial charge in [0.1, 0.15) is 0 Å². The Labute approximate surface area is 119 Å². The van der Waals surface area contributed by atoms with Gasteiger partial charge in [-0.05, 0) is 19.1 Å². The van der Waals surface area contributed by atoms with E-state index in [0.717, 1.165) is 6.07 Å². The SMILES string of the molecule is CCOC(=O)CCNCC(=O)Nc1ccc(F)c(F)c1F. The quantitative estimate of drug-likeness (QED) is 0.456. The van der Waals surface area contributed by atoms with E-state index in [1.807, 2.05) is 0 Å². The van der Waals surface area contributed by atoms with Gasteiger partial charge in [-0.15, -0.1) is 0 Å². The molecule has 1 amide bonds. The first-order valence-corrected chi connectivity index (χ1v) is 6.25. The van der Waals surface area contributed by atoms with Crippen LogP contribution >= 0.6 is 0 Å². The van der Waals surface area contributed by atoms with Crippen molar-refractivity contribution in [2.24, 2.45) is 0 Å². The van der Waals surface area contributed by atoms with Gasteiger partial charge in [-0.25, -0.2) is 13.2 Å². The van der Waals surface area contributed by atoms with Crippen LogP contribution in [0.3, 0.4) is 0 Å². The van der Waals surface area contributed by atoms with Gasteiger partial charge in [0.2, 0.25) is 5.91 Å². The number of benzene rings is 1. The first-order chi connectivity index (χ1) is 9.95. The van der Waals surface area contributed by atoms with Crippen LogP contribution < -0.4 is 10.6 Å². The maximum Gasteiger partial charge on any atom is 0.307 e. The van der Waals surface area contributed by atoms with Crippen molar-refractivity contribution in [1.29, 1.82) is 0 Å². The van der Waals surface area contributed by atoms with Crippen molar-refractivity contribution in [3.63, 3.8) is 0 Å². The molecule has 8 heteroatoms. The van der Waals surface area contributed by atoms with Crippen molar-refractivity contribution in [3.8, 4) is 0 Å². The third kappa shape index (κ3) is 5.42. The lowest BCUT2D eigenvalue weighted by atomic mass is 10.2. The van der Waals surface area contributed by atoms with Crippen LogP contribution in [0.5, 0.6) is 0 Å². The van der Waals surface area contributed by atoms with Crippen molar-refractivity contribution >= 4 is 17.6 Å². The van der Waals surface area contributed by atoms with E-state index in [4.69, 9.17) is 0 Å². The summed E-state index contributed by atoms with van der Waals surface area (Å²) in [7, 11) is 0. The van der Waals surface area contributed by atoms with E-state index in [1.165, 1.54) is 0 Å². The number of anilines is 1. The van der Waals surface area contributed by atoms with Crippen molar-refractivity contribution < 1.29 is 27.5 Å². The van der Waals surface area contributed by atoms with Crippen LogP contribution in [0.4, 0.5) is 18.9 Å². The monoisotopic (exact) mass is 304 g/mol. The highest BCUT2D eigenvalue weighted by molar-refractivity contribution is 5.92. The van der Waals surface area contributed by atoms with Crippen molar-refractivity contribution in [1.82, 2.24) is 5.32 Å². The number of carbonyl (C=O) groups is 2. The van der Waals surface area contributed by atoms with Gasteiger partial charge in [0.05, 0.1) is 25.3 Å². The normalized spacial score (nSPS) is 10.3. The summed E-state index contributed by atoms with van der Waals surface area (Å²) in [4.78, 5) is 22.5. The van der Waals surface area contributed by atoms with E-state index < -0.39 is 35.0 Å². The Hall–Kier alpha value is -2.09. The van der Waals surface area contributed by atoms with Gasteiger partial charge in [0.25, 0.3) is 0 Å². The van der Waals surface area contributed by atoms with E-state index in [1.54, 1.807) is 6.92 Å². The highest BCUT2D eigenvalue weighted by atomic mass is 19.2. The number of halogens is 3. The molecule has 0 aliphatic carbocycles. The van der Waals surface area contributed by atoms with Gasteiger partial charge in [-0.1, -0.05) is 0 Å². The minimum Gasteiger partial charge on any atom is -0.466 e. The number of ether oxygens (including phenoxy) is 1. The molecule has 0 spiro atoms.